The maximum Gasteiger partial charge on any atom is 0.314 e. The first-order valence-electron chi connectivity index (χ1n) is 14.4. The highest BCUT2D eigenvalue weighted by atomic mass is 16.5. The van der Waals surface area contributed by atoms with Gasteiger partial charge in [-0.15, -0.1) is 0 Å². The highest BCUT2D eigenvalue weighted by Gasteiger charge is 2.46. The van der Waals surface area contributed by atoms with Gasteiger partial charge in [-0.25, -0.2) is 0 Å². The van der Waals surface area contributed by atoms with Crippen LogP contribution in [0.25, 0.3) is 11.1 Å². The van der Waals surface area contributed by atoms with Crippen molar-refractivity contribution in [3.8, 4) is 22.6 Å². The second-order valence-corrected chi connectivity index (χ2v) is 11.7. The van der Waals surface area contributed by atoms with E-state index in [4.69, 9.17) is 9.47 Å². The Labute approximate surface area is 239 Å². The van der Waals surface area contributed by atoms with Gasteiger partial charge in [0, 0.05) is 0 Å². The number of hydrogen-bond donors (Lipinski definition) is 0. The topological polar surface area (TPSA) is 35.5 Å². The highest BCUT2D eigenvalue weighted by Crippen LogP contribution is 2.56. The average Bonchev–Trinajstić information content (AvgIpc) is 3.26. The molecule has 0 aliphatic heterocycles. The van der Waals surface area contributed by atoms with Crippen molar-refractivity contribution in [2.75, 3.05) is 0 Å². The molecule has 0 saturated heterocycles. The maximum atomic E-state index is 12.6. The van der Waals surface area contributed by atoms with Crippen molar-refractivity contribution in [3.63, 3.8) is 0 Å². The van der Waals surface area contributed by atoms with E-state index in [1.807, 2.05) is 26.8 Å². The van der Waals surface area contributed by atoms with Crippen LogP contribution in [0.1, 0.15) is 80.8 Å². The number of benzene rings is 4. The third-order valence-corrected chi connectivity index (χ3v) is 8.63. The van der Waals surface area contributed by atoms with Gasteiger partial charge in [0.05, 0.1) is 11.3 Å². The summed E-state index contributed by atoms with van der Waals surface area (Å²) in [7, 11) is 0. The molecule has 0 bridgehead atoms. The normalized spacial score (nSPS) is 14.3. The number of carbonyl (C=O) groups is 1. The fraction of sp³-hybridized carbons (Fsp3) is 0.324. The van der Waals surface area contributed by atoms with Gasteiger partial charge < -0.3 is 9.47 Å². The van der Waals surface area contributed by atoms with Gasteiger partial charge in [0.2, 0.25) is 0 Å². The predicted octanol–water partition coefficient (Wildman–Crippen LogP) is 9.19. The van der Waals surface area contributed by atoms with Gasteiger partial charge >= 0.3 is 5.97 Å². The van der Waals surface area contributed by atoms with Crippen molar-refractivity contribution in [1.82, 2.24) is 0 Å². The van der Waals surface area contributed by atoms with Gasteiger partial charge in [-0.05, 0) is 97.2 Å². The minimum absolute atomic E-state index is 0.139. The number of hydrogen-bond acceptors (Lipinski definition) is 3. The Balaban J connectivity index is 1.73. The maximum absolute atomic E-state index is 12.6. The lowest BCUT2D eigenvalue weighted by molar-refractivity contribution is -0.138. The molecule has 0 aromatic heterocycles. The highest BCUT2D eigenvalue weighted by molar-refractivity contribution is 5.86. The molecule has 0 heterocycles. The third-order valence-electron chi connectivity index (χ3n) is 8.63. The van der Waals surface area contributed by atoms with Crippen molar-refractivity contribution < 1.29 is 14.3 Å². The summed E-state index contributed by atoms with van der Waals surface area (Å²) < 4.78 is 12.3. The van der Waals surface area contributed by atoms with Crippen LogP contribution >= 0.6 is 0 Å². The first-order chi connectivity index (χ1) is 19.1. The van der Waals surface area contributed by atoms with E-state index in [9.17, 15) is 4.79 Å². The molecule has 3 nitrogen and oxygen atoms in total. The summed E-state index contributed by atoms with van der Waals surface area (Å²) in [5.41, 5.74) is 8.61. The van der Waals surface area contributed by atoms with Crippen LogP contribution in [-0.2, 0) is 10.2 Å². The second-order valence-electron chi connectivity index (χ2n) is 11.7. The van der Waals surface area contributed by atoms with Gasteiger partial charge in [0.25, 0.3) is 0 Å². The monoisotopic (exact) mass is 532 g/mol. The van der Waals surface area contributed by atoms with Crippen LogP contribution in [0.4, 0.5) is 0 Å². The van der Waals surface area contributed by atoms with E-state index in [-0.39, 0.29) is 17.5 Å². The minimum atomic E-state index is -0.527. The molecule has 0 saturated carbocycles. The molecule has 0 spiro atoms. The van der Waals surface area contributed by atoms with Crippen molar-refractivity contribution in [3.05, 3.63) is 118 Å². The number of aryl methyl sites for hydroxylation is 2. The van der Waals surface area contributed by atoms with Gasteiger partial charge in [0.15, 0.2) is 0 Å². The van der Waals surface area contributed by atoms with Crippen molar-refractivity contribution in [2.45, 2.75) is 72.3 Å². The molecule has 1 atom stereocenters. The van der Waals surface area contributed by atoms with Gasteiger partial charge in [-0.3, -0.25) is 4.79 Å². The van der Waals surface area contributed by atoms with E-state index in [0.717, 1.165) is 35.3 Å². The molecule has 206 valence electrons. The van der Waals surface area contributed by atoms with Crippen molar-refractivity contribution >= 4 is 5.97 Å². The summed E-state index contributed by atoms with van der Waals surface area (Å²) in [6.07, 6.45) is 1.67. The first kappa shape index (κ1) is 27.7. The summed E-state index contributed by atoms with van der Waals surface area (Å²) in [5, 5.41) is 0. The van der Waals surface area contributed by atoms with Gasteiger partial charge in [-0.2, -0.15) is 0 Å². The van der Waals surface area contributed by atoms with Crippen LogP contribution in [0.15, 0.2) is 84.9 Å². The molecule has 0 radical (unpaired) electrons. The lowest BCUT2D eigenvalue weighted by Crippen LogP contribution is -2.30. The fourth-order valence-electron chi connectivity index (χ4n) is 5.76. The summed E-state index contributed by atoms with van der Waals surface area (Å²) in [4.78, 5) is 12.6. The third kappa shape index (κ3) is 4.62. The van der Waals surface area contributed by atoms with Gasteiger partial charge in [-0.1, -0.05) is 93.6 Å². The largest absolute Gasteiger partial charge is 0.488 e. The molecule has 4 aromatic rings. The lowest BCUT2D eigenvalue weighted by atomic mass is 9.67. The summed E-state index contributed by atoms with van der Waals surface area (Å²) in [6.45, 7) is 14.5. The van der Waals surface area contributed by atoms with E-state index in [1.54, 1.807) is 0 Å². The Bertz CT molecular complexity index is 1520. The molecule has 40 heavy (non-hydrogen) atoms. The summed E-state index contributed by atoms with van der Waals surface area (Å²) >= 11 is 0. The SMILES string of the molecule is CCC(C)C(=O)Oc1ccc(C2(c3ccc(OC(C)(C)CC)c(C)c3)c3ccccc3-c3ccccc32)cc1C. The van der Waals surface area contributed by atoms with Gasteiger partial charge in [0.1, 0.15) is 17.1 Å². The summed E-state index contributed by atoms with van der Waals surface area (Å²) in [6, 6.07) is 30.3. The second kappa shape index (κ2) is 10.6. The number of rotatable bonds is 8. The average molecular weight is 533 g/mol. The lowest BCUT2D eigenvalue weighted by Gasteiger charge is -2.35. The Morgan fingerprint density at radius 3 is 1.75 bits per heavy atom. The molecule has 0 amide bonds. The molecular weight excluding hydrogens is 492 g/mol. The van der Waals surface area contributed by atoms with Crippen LogP contribution in [0.3, 0.4) is 0 Å². The van der Waals surface area contributed by atoms with E-state index >= 15 is 0 Å². The molecule has 0 N–H and O–H groups in total. The molecule has 1 aliphatic rings. The quantitative estimate of drug-likeness (QED) is 0.148. The van der Waals surface area contributed by atoms with E-state index in [1.165, 1.54) is 27.8 Å². The van der Waals surface area contributed by atoms with Crippen molar-refractivity contribution in [1.29, 1.82) is 0 Å². The summed E-state index contributed by atoms with van der Waals surface area (Å²) in [5.74, 6) is 1.20. The number of fused-ring (bicyclic) bond motifs is 3. The Kier molecular flexibility index (Phi) is 7.35. The molecule has 5 rings (SSSR count). The van der Waals surface area contributed by atoms with Crippen LogP contribution < -0.4 is 9.47 Å². The number of carbonyl (C=O) groups excluding carboxylic acids is 1. The molecule has 4 aromatic carbocycles. The zero-order valence-corrected chi connectivity index (χ0v) is 24.8. The van der Waals surface area contributed by atoms with Crippen LogP contribution in [-0.4, -0.2) is 11.6 Å². The number of esters is 1. The van der Waals surface area contributed by atoms with Crippen LogP contribution in [0.2, 0.25) is 0 Å². The molecule has 1 aliphatic carbocycles. The molecule has 1 unspecified atom stereocenters. The smallest absolute Gasteiger partial charge is 0.314 e. The predicted molar refractivity (Wildman–Crippen MR) is 163 cm³/mol. The zero-order valence-electron chi connectivity index (χ0n) is 24.8. The standard InChI is InChI=1S/C37H40O3/c1-8-24(3)35(38)39-33-20-18-27(22-25(33)4)37(28-19-21-34(26(5)23-28)40-36(6,7)9-2)31-16-12-10-14-29(31)30-15-11-13-17-32(30)37/h10-24H,8-9H2,1-7H3. The van der Waals surface area contributed by atoms with Crippen molar-refractivity contribution in [2.24, 2.45) is 5.92 Å². The van der Waals surface area contributed by atoms with Crippen LogP contribution in [0, 0.1) is 19.8 Å². The molecular formula is C37H40O3. The molecule has 3 heteroatoms. The van der Waals surface area contributed by atoms with E-state index < -0.39 is 5.41 Å². The van der Waals surface area contributed by atoms with Crippen LogP contribution in [0.5, 0.6) is 11.5 Å². The van der Waals surface area contributed by atoms with E-state index in [0.29, 0.717) is 5.75 Å². The fourth-order valence-corrected chi connectivity index (χ4v) is 5.76. The number of ether oxygens (including phenoxy) is 2. The first-order valence-corrected chi connectivity index (χ1v) is 14.4. The minimum Gasteiger partial charge on any atom is -0.488 e. The Hall–Kier alpha value is -3.85. The van der Waals surface area contributed by atoms with E-state index in [2.05, 4.69) is 107 Å². The Morgan fingerprint density at radius 2 is 1.27 bits per heavy atom. The Morgan fingerprint density at radius 1 is 0.775 bits per heavy atom. The zero-order chi connectivity index (χ0) is 28.7. The molecule has 0 fully saturated rings.